The number of nitrogens with one attached hydrogen (secondary N) is 1. The largest absolute Gasteiger partial charge is 0.493 e. The Morgan fingerprint density at radius 2 is 1.66 bits per heavy atom. The number of ether oxygens (including phenoxy) is 2. The highest BCUT2D eigenvalue weighted by Gasteiger charge is 2.17. The Morgan fingerprint density at radius 3 is 2.17 bits per heavy atom. The number of methoxy groups -OCH3 is 2. The van der Waals surface area contributed by atoms with E-state index in [0.717, 1.165) is 24.1 Å². The summed E-state index contributed by atoms with van der Waals surface area (Å²) in [6, 6.07) is 12.3. The first kappa shape index (κ1) is 22.6. The Bertz CT molecular complexity index is 811. The predicted octanol–water partition coefficient (Wildman–Crippen LogP) is 3.86. The summed E-state index contributed by atoms with van der Waals surface area (Å²) in [6.07, 6.45) is 1.88. The summed E-state index contributed by atoms with van der Waals surface area (Å²) in [5, 5.41) is 3.33. The van der Waals surface area contributed by atoms with Gasteiger partial charge in [-0.15, -0.1) is 0 Å². The van der Waals surface area contributed by atoms with Gasteiger partial charge in [0, 0.05) is 5.69 Å². The number of nitrogens with two attached hydrogens (primary N) is 1. The fraction of sp³-hybridized carbons (Fsp3) is 0.435. The van der Waals surface area contributed by atoms with Crippen LogP contribution in [0.3, 0.4) is 0 Å². The summed E-state index contributed by atoms with van der Waals surface area (Å²) < 4.78 is 10.8. The maximum atomic E-state index is 6.26. The lowest BCUT2D eigenvalue weighted by molar-refractivity contribution is 0.303. The van der Waals surface area contributed by atoms with Crippen molar-refractivity contribution in [1.29, 1.82) is 0 Å². The Balaban J connectivity index is 2.23. The molecule has 1 unspecified atom stereocenters. The van der Waals surface area contributed by atoms with Gasteiger partial charge in [-0.25, -0.2) is 0 Å². The van der Waals surface area contributed by atoms with Gasteiger partial charge >= 0.3 is 0 Å². The zero-order valence-corrected chi connectivity index (χ0v) is 18.5. The van der Waals surface area contributed by atoms with Gasteiger partial charge in [-0.05, 0) is 55.8 Å². The van der Waals surface area contributed by atoms with Crippen LogP contribution in [0.5, 0.6) is 11.5 Å². The lowest BCUT2D eigenvalue weighted by Crippen LogP contribution is -2.28. The van der Waals surface area contributed by atoms with E-state index in [1.165, 1.54) is 11.1 Å². The summed E-state index contributed by atoms with van der Waals surface area (Å²) in [5.74, 6) is 1.84. The molecule has 2 aromatic rings. The number of para-hydroxylation sites is 1. The Kier molecular flexibility index (Phi) is 8.34. The zero-order chi connectivity index (χ0) is 21.4. The van der Waals surface area contributed by atoms with Crippen LogP contribution in [0.2, 0.25) is 0 Å². The van der Waals surface area contributed by atoms with Gasteiger partial charge < -0.3 is 25.4 Å². The third-order valence-electron chi connectivity index (χ3n) is 5.10. The topological polar surface area (TPSA) is 72.1 Å². The molecule has 0 aliphatic heterocycles. The maximum absolute atomic E-state index is 6.26. The van der Waals surface area contributed by atoms with Gasteiger partial charge in [-0.2, -0.15) is 0 Å². The third-order valence-corrected chi connectivity index (χ3v) is 5.10. The molecule has 0 aromatic heterocycles. The molecule has 6 heteroatoms. The van der Waals surface area contributed by atoms with Gasteiger partial charge in [0.1, 0.15) is 0 Å². The van der Waals surface area contributed by atoms with Crippen molar-refractivity contribution >= 4 is 11.6 Å². The minimum Gasteiger partial charge on any atom is -0.493 e. The Morgan fingerprint density at radius 1 is 1.03 bits per heavy atom. The van der Waals surface area contributed by atoms with Crippen LogP contribution < -0.4 is 20.5 Å². The minimum absolute atomic E-state index is 0.0576. The zero-order valence-electron chi connectivity index (χ0n) is 18.5. The van der Waals surface area contributed by atoms with Gasteiger partial charge in [0.15, 0.2) is 17.5 Å². The van der Waals surface area contributed by atoms with Crippen LogP contribution in [0.4, 0.5) is 5.69 Å². The molecule has 0 aliphatic carbocycles. The Labute approximate surface area is 174 Å². The van der Waals surface area contributed by atoms with E-state index < -0.39 is 0 Å². The van der Waals surface area contributed by atoms with Gasteiger partial charge in [0.05, 0.1) is 26.8 Å². The number of hydrogen-bond donors (Lipinski definition) is 2. The quantitative estimate of drug-likeness (QED) is 0.496. The molecule has 0 heterocycles. The van der Waals surface area contributed by atoms with Crippen molar-refractivity contribution in [3.8, 4) is 11.5 Å². The molecule has 0 aliphatic rings. The fourth-order valence-electron chi connectivity index (χ4n) is 3.38. The molecule has 0 spiro atoms. The van der Waals surface area contributed by atoms with Crippen LogP contribution >= 0.6 is 0 Å². The van der Waals surface area contributed by atoms with E-state index in [4.69, 9.17) is 15.2 Å². The molecule has 0 bridgehead atoms. The first-order chi connectivity index (χ1) is 13.9. The highest BCUT2D eigenvalue weighted by molar-refractivity contribution is 5.93. The van der Waals surface area contributed by atoms with E-state index in [-0.39, 0.29) is 6.04 Å². The number of aryl methyl sites for hydroxylation is 2. The van der Waals surface area contributed by atoms with Crippen LogP contribution in [-0.4, -0.2) is 45.7 Å². The molecule has 2 aromatic carbocycles. The molecule has 6 nitrogen and oxygen atoms in total. The molecule has 3 N–H and O–H groups in total. The fourth-order valence-corrected chi connectivity index (χ4v) is 3.38. The second kappa shape index (κ2) is 10.7. The summed E-state index contributed by atoms with van der Waals surface area (Å²) in [6.45, 7) is 4.82. The second-order valence-corrected chi connectivity index (χ2v) is 7.10. The molecular formula is C23H34N4O2. The first-order valence-electron chi connectivity index (χ1n) is 10.0. The summed E-state index contributed by atoms with van der Waals surface area (Å²) in [7, 11) is 7.34. The van der Waals surface area contributed by atoms with Crippen molar-refractivity contribution in [2.45, 2.75) is 32.7 Å². The van der Waals surface area contributed by atoms with Crippen molar-refractivity contribution in [3.63, 3.8) is 0 Å². The number of hydrogen-bond acceptors (Lipinski definition) is 4. The van der Waals surface area contributed by atoms with E-state index in [2.05, 4.69) is 47.3 Å². The van der Waals surface area contributed by atoms with Gasteiger partial charge in [0.2, 0.25) is 0 Å². The average Bonchev–Trinajstić information content (AvgIpc) is 2.73. The van der Waals surface area contributed by atoms with E-state index in [1.54, 1.807) is 14.2 Å². The smallest absolute Gasteiger partial charge is 0.193 e. The van der Waals surface area contributed by atoms with Gasteiger partial charge in [-0.3, -0.25) is 4.99 Å². The van der Waals surface area contributed by atoms with Crippen LogP contribution in [0.1, 0.15) is 36.6 Å². The number of rotatable bonds is 9. The second-order valence-electron chi connectivity index (χ2n) is 7.10. The standard InChI is InChI=1S/C23H34N4O2/c1-7-16-10-9-11-17(8-2)22(16)26-23(24)25-15-19(27(3)4)18-12-13-20(28-5)21(14-18)29-6/h9-14,19H,7-8,15H2,1-6H3,(H3,24,25,26). The molecular weight excluding hydrogens is 364 g/mol. The molecule has 2 rings (SSSR count). The molecule has 29 heavy (non-hydrogen) atoms. The summed E-state index contributed by atoms with van der Waals surface area (Å²) in [5.41, 5.74) is 10.9. The highest BCUT2D eigenvalue weighted by atomic mass is 16.5. The number of aliphatic imine (C=N–C) groups is 1. The lowest BCUT2D eigenvalue weighted by atomic mass is 10.0. The molecule has 0 fully saturated rings. The van der Waals surface area contributed by atoms with Crippen molar-refractivity contribution in [2.24, 2.45) is 10.7 Å². The van der Waals surface area contributed by atoms with E-state index in [1.807, 2.05) is 32.3 Å². The van der Waals surface area contributed by atoms with Gasteiger partial charge in [-0.1, -0.05) is 38.1 Å². The third kappa shape index (κ3) is 5.64. The molecule has 158 valence electrons. The number of nitrogens with zero attached hydrogens (tertiary/aromatic N) is 2. The lowest BCUT2D eigenvalue weighted by Gasteiger charge is -2.24. The summed E-state index contributed by atoms with van der Waals surface area (Å²) in [4.78, 5) is 6.76. The summed E-state index contributed by atoms with van der Waals surface area (Å²) >= 11 is 0. The van der Waals surface area contributed by atoms with Gasteiger partial charge in [0.25, 0.3) is 0 Å². The average molecular weight is 399 g/mol. The number of anilines is 1. The van der Waals surface area contributed by atoms with Crippen molar-refractivity contribution < 1.29 is 9.47 Å². The van der Waals surface area contributed by atoms with E-state index >= 15 is 0 Å². The predicted molar refractivity (Wildman–Crippen MR) is 121 cm³/mol. The monoisotopic (exact) mass is 398 g/mol. The first-order valence-corrected chi connectivity index (χ1v) is 10.0. The number of benzene rings is 2. The molecule has 0 amide bonds. The minimum atomic E-state index is 0.0576. The van der Waals surface area contributed by atoms with Crippen LogP contribution in [0, 0.1) is 0 Å². The van der Waals surface area contributed by atoms with E-state index in [0.29, 0.717) is 24.0 Å². The van der Waals surface area contributed by atoms with Crippen molar-refractivity contribution in [3.05, 3.63) is 53.1 Å². The highest BCUT2D eigenvalue weighted by Crippen LogP contribution is 2.31. The maximum Gasteiger partial charge on any atom is 0.193 e. The number of likely N-dealkylation sites (N-methyl/N-ethyl adjacent to an activating group) is 1. The Hall–Kier alpha value is -2.73. The molecule has 0 saturated heterocycles. The van der Waals surface area contributed by atoms with E-state index in [9.17, 15) is 0 Å². The van der Waals surface area contributed by atoms with Crippen LogP contribution in [0.15, 0.2) is 41.4 Å². The molecule has 0 saturated carbocycles. The number of guanidine groups is 1. The molecule has 1 atom stereocenters. The SMILES string of the molecule is CCc1cccc(CC)c1NC(N)=NCC(c1ccc(OC)c(OC)c1)N(C)C. The van der Waals surface area contributed by atoms with Crippen molar-refractivity contribution in [2.75, 3.05) is 40.2 Å². The normalized spacial score (nSPS) is 12.7. The van der Waals surface area contributed by atoms with Crippen molar-refractivity contribution in [1.82, 2.24) is 4.90 Å². The van der Waals surface area contributed by atoms with Crippen LogP contribution in [-0.2, 0) is 12.8 Å². The molecule has 0 radical (unpaired) electrons. The van der Waals surface area contributed by atoms with Crippen LogP contribution in [0.25, 0.3) is 0 Å².